The van der Waals surface area contributed by atoms with Crippen molar-refractivity contribution in [3.63, 3.8) is 0 Å². The van der Waals surface area contributed by atoms with Crippen LogP contribution in [0.5, 0.6) is 0 Å². The number of hydrogen-bond donors (Lipinski definition) is 1. The van der Waals surface area contributed by atoms with Gasteiger partial charge in [0.2, 0.25) is 0 Å². The van der Waals surface area contributed by atoms with E-state index in [1.54, 1.807) is 0 Å². The van der Waals surface area contributed by atoms with Crippen LogP contribution in [0.4, 0.5) is 0 Å². The fourth-order valence-electron chi connectivity index (χ4n) is 1.94. The Kier molecular flexibility index (Phi) is 6.69. The van der Waals surface area contributed by atoms with Crippen molar-refractivity contribution >= 4 is 0 Å². The summed E-state index contributed by atoms with van der Waals surface area (Å²) in [5.41, 5.74) is 2.77. The Balaban J connectivity index is 2.58. The molecule has 100 valence electrons. The average Bonchev–Trinajstić information content (AvgIpc) is 2.37. The normalized spacial score (nSPS) is 11.2. The second kappa shape index (κ2) is 8.06. The molecular weight excluding hydrogens is 220 g/mol. The third-order valence-electron chi connectivity index (χ3n) is 3.17. The van der Waals surface area contributed by atoms with Gasteiger partial charge in [0.15, 0.2) is 0 Å². The molecular formula is C16H26N2. The molecule has 1 aromatic carbocycles. The summed E-state index contributed by atoms with van der Waals surface area (Å²) in [5.74, 6) is 0. The van der Waals surface area contributed by atoms with E-state index in [2.05, 4.69) is 54.9 Å². The van der Waals surface area contributed by atoms with E-state index in [1.807, 2.05) is 13.1 Å². The summed E-state index contributed by atoms with van der Waals surface area (Å²) in [6.07, 6.45) is 3.07. The Morgan fingerprint density at radius 2 is 1.83 bits per heavy atom. The minimum Gasteiger partial charge on any atom is -0.319 e. The van der Waals surface area contributed by atoms with E-state index in [0.717, 1.165) is 26.1 Å². The number of rotatable bonds is 8. The summed E-state index contributed by atoms with van der Waals surface area (Å²) < 4.78 is 0. The number of nitrogens with one attached hydrogen (secondary N) is 1. The van der Waals surface area contributed by atoms with Crippen molar-refractivity contribution < 1.29 is 0 Å². The van der Waals surface area contributed by atoms with Gasteiger partial charge in [-0.3, -0.25) is 4.90 Å². The van der Waals surface area contributed by atoms with Crippen LogP contribution in [0.1, 0.15) is 25.0 Å². The largest absolute Gasteiger partial charge is 0.319 e. The monoisotopic (exact) mass is 246 g/mol. The first-order chi connectivity index (χ1) is 8.67. The molecule has 0 aliphatic carbocycles. The second-order valence-electron chi connectivity index (χ2n) is 4.98. The predicted molar refractivity (Wildman–Crippen MR) is 79.8 cm³/mol. The maximum Gasteiger partial charge on any atom is 0.0239 e. The van der Waals surface area contributed by atoms with Gasteiger partial charge in [-0.05, 0) is 45.0 Å². The SMILES string of the molecule is C=CCN(Cc1ccc(CCNC)cc1)C(C)C. The highest BCUT2D eigenvalue weighted by molar-refractivity contribution is 5.22. The molecule has 1 N–H and O–H groups in total. The molecule has 0 heterocycles. The Bertz CT molecular complexity index is 341. The van der Waals surface area contributed by atoms with Gasteiger partial charge in [-0.25, -0.2) is 0 Å². The Labute approximate surface area is 112 Å². The van der Waals surface area contributed by atoms with Gasteiger partial charge in [-0.1, -0.05) is 30.3 Å². The van der Waals surface area contributed by atoms with Crippen molar-refractivity contribution in [3.05, 3.63) is 48.0 Å². The quantitative estimate of drug-likeness (QED) is 0.710. The summed E-state index contributed by atoms with van der Waals surface area (Å²) >= 11 is 0. The molecule has 0 bridgehead atoms. The third-order valence-corrected chi connectivity index (χ3v) is 3.17. The van der Waals surface area contributed by atoms with Gasteiger partial charge >= 0.3 is 0 Å². The first-order valence-corrected chi connectivity index (χ1v) is 6.74. The zero-order valence-electron chi connectivity index (χ0n) is 11.9. The van der Waals surface area contributed by atoms with Crippen molar-refractivity contribution in [2.45, 2.75) is 32.9 Å². The van der Waals surface area contributed by atoms with Gasteiger partial charge in [0.25, 0.3) is 0 Å². The zero-order valence-corrected chi connectivity index (χ0v) is 11.9. The molecule has 0 saturated heterocycles. The predicted octanol–water partition coefficient (Wildman–Crippen LogP) is 2.84. The van der Waals surface area contributed by atoms with E-state index in [9.17, 15) is 0 Å². The summed E-state index contributed by atoms with van der Waals surface area (Å²) in [5, 5.41) is 3.18. The molecule has 0 spiro atoms. The van der Waals surface area contributed by atoms with E-state index in [4.69, 9.17) is 0 Å². The van der Waals surface area contributed by atoms with Crippen molar-refractivity contribution in [2.24, 2.45) is 0 Å². The van der Waals surface area contributed by atoms with Crippen LogP contribution in [-0.4, -0.2) is 31.1 Å². The van der Waals surface area contributed by atoms with Crippen LogP contribution in [0.15, 0.2) is 36.9 Å². The maximum atomic E-state index is 3.82. The van der Waals surface area contributed by atoms with E-state index >= 15 is 0 Å². The Hall–Kier alpha value is -1.12. The lowest BCUT2D eigenvalue weighted by Gasteiger charge is -2.25. The molecule has 0 unspecified atom stereocenters. The van der Waals surface area contributed by atoms with Crippen LogP contribution in [0.25, 0.3) is 0 Å². The number of nitrogens with zero attached hydrogens (tertiary/aromatic N) is 1. The van der Waals surface area contributed by atoms with Crippen LogP contribution in [-0.2, 0) is 13.0 Å². The lowest BCUT2D eigenvalue weighted by molar-refractivity contribution is 0.237. The minimum atomic E-state index is 0.548. The van der Waals surface area contributed by atoms with Crippen LogP contribution in [0, 0.1) is 0 Å². The molecule has 0 radical (unpaired) electrons. The molecule has 2 heteroatoms. The first-order valence-electron chi connectivity index (χ1n) is 6.74. The molecule has 1 rings (SSSR count). The fraction of sp³-hybridized carbons (Fsp3) is 0.500. The van der Waals surface area contributed by atoms with Crippen molar-refractivity contribution in [2.75, 3.05) is 20.1 Å². The van der Waals surface area contributed by atoms with Crippen molar-refractivity contribution in [1.29, 1.82) is 0 Å². The molecule has 1 aromatic rings. The maximum absolute atomic E-state index is 3.82. The molecule has 0 fully saturated rings. The Morgan fingerprint density at radius 1 is 1.22 bits per heavy atom. The van der Waals surface area contributed by atoms with Crippen LogP contribution in [0.3, 0.4) is 0 Å². The van der Waals surface area contributed by atoms with E-state index in [-0.39, 0.29) is 0 Å². The highest BCUT2D eigenvalue weighted by Crippen LogP contribution is 2.10. The topological polar surface area (TPSA) is 15.3 Å². The second-order valence-corrected chi connectivity index (χ2v) is 4.98. The highest BCUT2D eigenvalue weighted by atomic mass is 15.1. The summed E-state index contributed by atoms with van der Waals surface area (Å²) in [7, 11) is 1.99. The van der Waals surface area contributed by atoms with Gasteiger partial charge in [0.1, 0.15) is 0 Å². The van der Waals surface area contributed by atoms with Crippen molar-refractivity contribution in [1.82, 2.24) is 10.2 Å². The smallest absolute Gasteiger partial charge is 0.0239 e. The molecule has 0 atom stereocenters. The van der Waals surface area contributed by atoms with Gasteiger partial charge in [0.05, 0.1) is 0 Å². The standard InChI is InChI=1S/C16H26N2/c1-5-12-18(14(2)3)13-16-8-6-15(7-9-16)10-11-17-4/h5-9,14,17H,1,10-13H2,2-4H3. The van der Waals surface area contributed by atoms with E-state index in [1.165, 1.54) is 11.1 Å². The summed E-state index contributed by atoms with van der Waals surface area (Å²) in [6, 6.07) is 9.50. The lowest BCUT2D eigenvalue weighted by atomic mass is 10.1. The van der Waals surface area contributed by atoms with Gasteiger partial charge in [0, 0.05) is 19.1 Å². The highest BCUT2D eigenvalue weighted by Gasteiger charge is 2.07. The average molecular weight is 246 g/mol. The Morgan fingerprint density at radius 3 is 2.33 bits per heavy atom. The summed E-state index contributed by atoms with van der Waals surface area (Å²) in [6.45, 7) is 11.3. The molecule has 2 nitrogen and oxygen atoms in total. The molecule has 0 amide bonds. The van der Waals surface area contributed by atoms with Crippen LogP contribution < -0.4 is 5.32 Å². The molecule has 0 aliphatic heterocycles. The van der Waals surface area contributed by atoms with Gasteiger partial charge in [-0.2, -0.15) is 0 Å². The van der Waals surface area contributed by atoms with Crippen LogP contribution in [0.2, 0.25) is 0 Å². The number of hydrogen-bond acceptors (Lipinski definition) is 2. The van der Waals surface area contributed by atoms with Gasteiger partial charge in [-0.15, -0.1) is 6.58 Å². The number of likely N-dealkylation sites (N-methyl/N-ethyl adjacent to an activating group) is 1. The molecule has 0 saturated carbocycles. The minimum absolute atomic E-state index is 0.548. The number of benzene rings is 1. The first kappa shape index (κ1) is 14.9. The summed E-state index contributed by atoms with van der Waals surface area (Å²) in [4.78, 5) is 2.41. The fourth-order valence-corrected chi connectivity index (χ4v) is 1.94. The third kappa shape index (κ3) is 5.03. The zero-order chi connectivity index (χ0) is 13.4. The van der Waals surface area contributed by atoms with Crippen LogP contribution >= 0.6 is 0 Å². The van der Waals surface area contributed by atoms with Crippen molar-refractivity contribution in [3.8, 4) is 0 Å². The lowest BCUT2D eigenvalue weighted by Crippen LogP contribution is -2.30. The van der Waals surface area contributed by atoms with E-state index in [0.29, 0.717) is 6.04 Å². The van der Waals surface area contributed by atoms with Gasteiger partial charge < -0.3 is 5.32 Å². The molecule has 0 aromatic heterocycles. The molecule has 18 heavy (non-hydrogen) atoms. The van der Waals surface area contributed by atoms with E-state index < -0.39 is 0 Å². The molecule has 0 aliphatic rings.